The number of rotatable bonds is 4. The average Bonchev–Trinajstić information content (AvgIpc) is 2.27. The highest BCUT2D eigenvalue weighted by Crippen LogP contribution is 2.13. The van der Waals surface area contributed by atoms with Crippen LogP contribution in [0.5, 0.6) is 5.75 Å². The summed E-state index contributed by atoms with van der Waals surface area (Å²) >= 11 is 4.16. The van der Waals surface area contributed by atoms with Crippen molar-refractivity contribution in [2.24, 2.45) is 0 Å². The van der Waals surface area contributed by atoms with Crippen LogP contribution in [0, 0.1) is 0 Å². The van der Waals surface area contributed by atoms with E-state index in [1.165, 1.54) is 0 Å². The van der Waals surface area contributed by atoms with Crippen molar-refractivity contribution in [2.75, 3.05) is 6.54 Å². The lowest BCUT2D eigenvalue weighted by atomic mass is 10.2. The van der Waals surface area contributed by atoms with E-state index in [-0.39, 0.29) is 5.75 Å². The molecule has 86 valence electrons. The number of amidine groups is 1. The predicted octanol–water partition coefficient (Wildman–Crippen LogP) is -0.157. The van der Waals surface area contributed by atoms with Gasteiger partial charge in [-0.25, -0.2) is 5.43 Å². The van der Waals surface area contributed by atoms with E-state index in [0.29, 0.717) is 10.9 Å². The van der Waals surface area contributed by atoms with Crippen molar-refractivity contribution in [1.82, 2.24) is 10.9 Å². The van der Waals surface area contributed by atoms with Gasteiger partial charge >= 0.3 is 5.17 Å². The summed E-state index contributed by atoms with van der Waals surface area (Å²) in [6.45, 7) is 6.63. The summed E-state index contributed by atoms with van der Waals surface area (Å²) in [6.07, 6.45) is 0. The summed E-state index contributed by atoms with van der Waals surface area (Å²) in [5.74, 6) is 0.235. The van der Waals surface area contributed by atoms with Crippen molar-refractivity contribution < 1.29 is 10.1 Å². The second kappa shape index (κ2) is 6.07. The van der Waals surface area contributed by atoms with Gasteiger partial charge in [0, 0.05) is 5.56 Å². The third-order valence-electron chi connectivity index (χ3n) is 1.89. The second-order valence-corrected chi connectivity index (χ2v) is 3.60. The number of hydrogen-bond acceptors (Lipinski definition) is 2. The molecule has 0 aliphatic heterocycles. The molecule has 1 aromatic rings. The largest absolute Gasteiger partial charge is 0.508 e. The molecule has 0 atom stereocenters. The molecule has 1 aromatic carbocycles. The topological polar surface area (TPSA) is 58.3 Å². The molecule has 0 bridgehead atoms. The zero-order valence-electron chi connectivity index (χ0n) is 9.12. The average molecular weight is 238 g/mol. The first-order chi connectivity index (χ1) is 7.63. The smallest absolute Gasteiger partial charge is 0.324 e. The quantitative estimate of drug-likeness (QED) is 0.219. The summed E-state index contributed by atoms with van der Waals surface area (Å²) in [5, 5.41) is 9.76. The highest BCUT2D eigenvalue weighted by molar-refractivity contribution is 7.96. The van der Waals surface area contributed by atoms with Crippen LogP contribution < -0.4 is 15.8 Å². The van der Waals surface area contributed by atoms with Gasteiger partial charge in [-0.15, -0.1) is 0 Å². The molecule has 0 fully saturated rings. The van der Waals surface area contributed by atoms with Gasteiger partial charge in [-0.3, -0.25) is 4.99 Å². The molecule has 4 nitrogen and oxygen atoms in total. The summed E-state index contributed by atoms with van der Waals surface area (Å²) in [5.41, 5.74) is 7.35. The van der Waals surface area contributed by atoms with Gasteiger partial charge in [0.1, 0.15) is 5.75 Å². The Kier molecular flexibility index (Phi) is 4.72. The highest BCUT2D eigenvalue weighted by Gasteiger charge is 2.02. The fourth-order valence-corrected chi connectivity index (χ4v) is 1.30. The Hall–Kier alpha value is -1.62. The van der Waals surface area contributed by atoms with Crippen molar-refractivity contribution >= 4 is 23.5 Å². The van der Waals surface area contributed by atoms with Crippen molar-refractivity contribution in [3.05, 3.63) is 36.4 Å². The Bertz CT molecular complexity index is 387. The molecule has 0 saturated heterocycles. The number of hydrogen-bond donors (Lipinski definition) is 5. The van der Waals surface area contributed by atoms with E-state index >= 15 is 0 Å². The van der Waals surface area contributed by atoms with E-state index in [4.69, 9.17) is 5.11 Å². The SMILES string of the molecule is C=C(NNC(S)=[NH+]CC)c1ccc(O)cc1. The van der Waals surface area contributed by atoms with E-state index in [1.807, 2.05) is 6.92 Å². The Morgan fingerprint density at radius 2 is 2.00 bits per heavy atom. The Balaban J connectivity index is 2.53. The van der Waals surface area contributed by atoms with Gasteiger partial charge in [0.15, 0.2) is 0 Å². The number of hydrazine groups is 1. The highest BCUT2D eigenvalue weighted by atomic mass is 32.1. The van der Waals surface area contributed by atoms with E-state index in [9.17, 15) is 0 Å². The lowest BCUT2D eigenvalue weighted by molar-refractivity contribution is -0.451. The third-order valence-corrected chi connectivity index (χ3v) is 2.16. The second-order valence-electron chi connectivity index (χ2n) is 3.15. The normalized spacial score (nSPS) is 11.0. The van der Waals surface area contributed by atoms with Gasteiger partial charge in [0.2, 0.25) is 0 Å². The molecule has 0 aliphatic carbocycles. The minimum absolute atomic E-state index is 0.235. The van der Waals surface area contributed by atoms with E-state index in [2.05, 4.69) is 35.1 Å². The van der Waals surface area contributed by atoms with Crippen LogP contribution in [0.3, 0.4) is 0 Å². The van der Waals surface area contributed by atoms with Crippen LogP contribution in [-0.4, -0.2) is 16.8 Å². The molecular weight excluding hydrogens is 222 g/mol. The van der Waals surface area contributed by atoms with Gasteiger partial charge in [-0.2, -0.15) is 5.43 Å². The van der Waals surface area contributed by atoms with Crippen LogP contribution in [0.15, 0.2) is 30.8 Å². The fraction of sp³-hybridized carbons (Fsp3) is 0.182. The molecule has 0 saturated carbocycles. The van der Waals surface area contributed by atoms with Gasteiger partial charge < -0.3 is 5.11 Å². The first-order valence-electron chi connectivity index (χ1n) is 4.93. The van der Waals surface area contributed by atoms with Crippen LogP contribution in [-0.2, 0) is 0 Å². The zero-order chi connectivity index (χ0) is 12.0. The molecule has 0 aliphatic rings. The molecule has 0 unspecified atom stereocenters. The third kappa shape index (κ3) is 3.86. The fourth-order valence-electron chi connectivity index (χ4n) is 1.08. The van der Waals surface area contributed by atoms with Crippen LogP contribution in [0.2, 0.25) is 0 Å². The standard InChI is InChI=1S/C11H15N3OS/c1-3-12-11(16)14-13-8(2)9-4-6-10(15)7-5-9/h4-7,13,15H,2-3H2,1H3,(H2,12,14,16)/p+1. The van der Waals surface area contributed by atoms with Gasteiger partial charge in [0.05, 0.1) is 12.2 Å². The number of aromatic hydroxyl groups is 1. The van der Waals surface area contributed by atoms with Gasteiger partial charge in [-0.05, 0) is 31.2 Å². The van der Waals surface area contributed by atoms with Crippen LogP contribution in [0.4, 0.5) is 0 Å². The number of benzene rings is 1. The summed E-state index contributed by atoms with van der Waals surface area (Å²) in [6, 6.07) is 6.77. The molecule has 0 radical (unpaired) electrons. The molecule has 0 spiro atoms. The van der Waals surface area contributed by atoms with Gasteiger partial charge in [-0.1, -0.05) is 19.2 Å². The lowest BCUT2D eigenvalue weighted by Crippen LogP contribution is -2.75. The lowest BCUT2D eigenvalue weighted by Gasteiger charge is -2.06. The molecule has 0 heterocycles. The Morgan fingerprint density at radius 3 is 2.56 bits per heavy atom. The maximum absolute atomic E-state index is 9.13. The van der Waals surface area contributed by atoms with Crippen LogP contribution in [0.25, 0.3) is 5.70 Å². The molecule has 16 heavy (non-hydrogen) atoms. The molecule has 5 heteroatoms. The van der Waals surface area contributed by atoms with E-state index in [1.54, 1.807) is 24.3 Å². The number of thiol groups is 1. The monoisotopic (exact) mass is 238 g/mol. The van der Waals surface area contributed by atoms with Crippen molar-refractivity contribution in [2.45, 2.75) is 6.92 Å². The summed E-state index contributed by atoms with van der Waals surface area (Å²) in [7, 11) is 0. The minimum atomic E-state index is 0.235. The van der Waals surface area contributed by atoms with Crippen LogP contribution >= 0.6 is 12.6 Å². The Labute approximate surface area is 100 Å². The Morgan fingerprint density at radius 1 is 1.38 bits per heavy atom. The molecule has 4 N–H and O–H groups in total. The summed E-state index contributed by atoms with van der Waals surface area (Å²) < 4.78 is 0. The van der Waals surface area contributed by atoms with Gasteiger partial charge in [0.25, 0.3) is 0 Å². The van der Waals surface area contributed by atoms with Crippen molar-refractivity contribution in [3.63, 3.8) is 0 Å². The zero-order valence-corrected chi connectivity index (χ0v) is 10.0. The van der Waals surface area contributed by atoms with Crippen molar-refractivity contribution in [1.29, 1.82) is 0 Å². The summed E-state index contributed by atoms with van der Waals surface area (Å²) in [4.78, 5) is 2.99. The van der Waals surface area contributed by atoms with E-state index in [0.717, 1.165) is 12.1 Å². The number of phenolic OH excluding ortho intramolecular Hbond substituents is 1. The predicted molar refractivity (Wildman–Crippen MR) is 68.9 cm³/mol. The molecule has 0 amide bonds. The first kappa shape index (κ1) is 12.4. The first-order valence-corrected chi connectivity index (χ1v) is 5.38. The number of phenols is 1. The molecule has 1 rings (SSSR count). The maximum atomic E-state index is 9.13. The van der Waals surface area contributed by atoms with Crippen molar-refractivity contribution in [3.8, 4) is 5.75 Å². The molecular formula is C11H16N3OS+. The minimum Gasteiger partial charge on any atom is -0.508 e. The maximum Gasteiger partial charge on any atom is 0.324 e. The number of nitrogens with one attached hydrogen (secondary N) is 3. The molecule has 0 aromatic heterocycles. The van der Waals surface area contributed by atoms with E-state index < -0.39 is 0 Å². The van der Waals surface area contributed by atoms with Crippen LogP contribution in [0.1, 0.15) is 12.5 Å².